The molecule has 1 N–H and O–H groups in total. The lowest BCUT2D eigenvalue weighted by Crippen LogP contribution is -2.18. The minimum atomic E-state index is -0.668. The number of rotatable bonds is 35. The zero-order valence-corrected chi connectivity index (χ0v) is 29.5. The van der Waals surface area contributed by atoms with Gasteiger partial charge in [0.2, 0.25) is 0 Å². The monoisotopic (exact) mass is 619 g/mol. The number of aliphatic carboxylic acids is 1. The van der Waals surface area contributed by atoms with Gasteiger partial charge in [0.05, 0.1) is 0 Å². The zero-order valence-electron chi connectivity index (χ0n) is 29.5. The molecular weight excluding hydrogens is 544 g/mol. The zero-order chi connectivity index (χ0) is 32.2. The first-order valence-corrected chi connectivity index (χ1v) is 19.3. The molecule has 4 heteroatoms. The molecular formula is C40H74O4. The Morgan fingerprint density at radius 2 is 0.886 bits per heavy atom. The van der Waals surface area contributed by atoms with Gasteiger partial charge in [-0.3, -0.25) is 9.59 Å². The van der Waals surface area contributed by atoms with Crippen LogP contribution in [0.15, 0.2) is 24.3 Å². The van der Waals surface area contributed by atoms with Crippen LogP contribution in [0, 0.1) is 0 Å². The number of allylic oxidation sites excluding steroid dienone is 4. The fourth-order valence-electron chi connectivity index (χ4n) is 5.80. The van der Waals surface area contributed by atoms with Gasteiger partial charge in [-0.15, -0.1) is 0 Å². The molecule has 0 aromatic rings. The highest BCUT2D eigenvalue weighted by Gasteiger charge is 2.14. The van der Waals surface area contributed by atoms with Crippen molar-refractivity contribution in [1.82, 2.24) is 0 Å². The van der Waals surface area contributed by atoms with Crippen LogP contribution < -0.4 is 0 Å². The molecule has 4 nitrogen and oxygen atoms in total. The smallest absolute Gasteiger partial charge is 0.306 e. The van der Waals surface area contributed by atoms with Crippen molar-refractivity contribution in [3.8, 4) is 0 Å². The van der Waals surface area contributed by atoms with Gasteiger partial charge in [0.1, 0.15) is 6.10 Å². The van der Waals surface area contributed by atoms with Crippen LogP contribution in [0.25, 0.3) is 0 Å². The van der Waals surface area contributed by atoms with E-state index in [1.54, 1.807) is 0 Å². The molecule has 0 aliphatic carbocycles. The Bertz CT molecular complexity index is 668. The summed E-state index contributed by atoms with van der Waals surface area (Å²) in [5, 5.41) is 8.67. The van der Waals surface area contributed by atoms with Crippen LogP contribution in [-0.2, 0) is 14.3 Å². The fourth-order valence-corrected chi connectivity index (χ4v) is 5.80. The molecule has 0 saturated carbocycles. The molecule has 44 heavy (non-hydrogen) atoms. The average Bonchev–Trinajstić information content (AvgIpc) is 3.00. The molecule has 0 amide bonds. The number of hydrogen-bond acceptors (Lipinski definition) is 3. The molecule has 0 aromatic heterocycles. The van der Waals surface area contributed by atoms with E-state index < -0.39 is 5.97 Å². The van der Waals surface area contributed by atoms with Gasteiger partial charge in [-0.2, -0.15) is 0 Å². The second-order valence-corrected chi connectivity index (χ2v) is 13.1. The molecule has 0 fully saturated rings. The van der Waals surface area contributed by atoms with E-state index >= 15 is 0 Å². The highest BCUT2D eigenvalue weighted by Crippen LogP contribution is 2.18. The summed E-state index contributed by atoms with van der Waals surface area (Å²) in [6, 6.07) is 0. The van der Waals surface area contributed by atoms with E-state index in [-0.39, 0.29) is 12.1 Å². The maximum absolute atomic E-state index is 12.5. The molecule has 0 saturated heterocycles. The molecule has 1 atom stereocenters. The largest absolute Gasteiger partial charge is 0.481 e. The van der Waals surface area contributed by atoms with Crippen molar-refractivity contribution in [3.05, 3.63) is 24.3 Å². The number of ether oxygens (including phenoxy) is 1. The van der Waals surface area contributed by atoms with Crippen molar-refractivity contribution in [2.75, 3.05) is 0 Å². The van der Waals surface area contributed by atoms with Crippen LogP contribution in [0.4, 0.5) is 0 Å². The number of hydrogen-bond donors (Lipinski definition) is 1. The van der Waals surface area contributed by atoms with Gasteiger partial charge in [-0.05, 0) is 70.6 Å². The lowest BCUT2D eigenvalue weighted by Gasteiger charge is -2.18. The van der Waals surface area contributed by atoms with Crippen LogP contribution in [-0.4, -0.2) is 23.1 Å². The van der Waals surface area contributed by atoms with Gasteiger partial charge >= 0.3 is 11.9 Å². The van der Waals surface area contributed by atoms with Gasteiger partial charge in [-0.1, -0.05) is 154 Å². The van der Waals surface area contributed by atoms with E-state index in [2.05, 4.69) is 38.2 Å². The van der Waals surface area contributed by atoms with Crippen molar-refractivity contribution in [2.45, 2.75) is 219 Å². The lowest BCUT2D eigenvalue weighted by atomic mass is 10.0. The number of unbranched alkanes of at least 4 members (excludes halogenated alkanes) is 22. The number of esters is 1. The molecule has 0 rings (SSSR count). The van der Waals surface area contributed by atoms with Gasteiger partial charge in [0.15, 0.2) is 0 Å². The first kappa shape index (κ1) is 42.4. The van der Waals surface area contributed by atoms with E-state index in [1.807, 2.05) is 0 Å². The molecule has 0 spiro atoms. The highest BCUT2D eigenvalue weighted by atomic mass is 16.5. The summed E-state index contributed by atoms with van der Waals surface area (Å²) in [4.78, 5) is 23.1. The second-order valence-electron chi connectivity index (χ2n) is 13.1. The van der Waals surface area contributed by atoms with Crippen LogP contribution in [0.1, 0.15) is 213 Å². The molecule has 0 aromatic carbocycles. The molecule has 258 valence electrons. The Balaban J connectivity index is 3.75. The first-order chi connectivity index (χ1) is 21.6. The summed E-state index contributed by atoms with van der Waals surface area (Å²) in [7, 11) is 0. The van der Waals surface area contributed by atoms with Crippen LogP contribution in [0.3, 0.4) is 0 Å². The number of carbonyl (C=O) groups excluding carboxylic acids is 1. The van der Waals surface area contributed by atoms with Crippen molar-refractivity contribution in [2.24, 2.45) is 0 Å². The molecule has 1 unspecified atom stereocenters. The van der Waals surface area contributed by atoms with E-state index in [1.165, 1.54) is 141 Å². The van der Waals surface area contributed by atoms with E-state index in [0.717, 1.165) is 44.9 Å². The Morgan fingerprint density at radius 1 is 0.500 bits per heavy atom. The summed E-state index contributed by atoms with van der Waals surface area (Å²) < 4.78 is 5.96. The van der Waals surface area contributed by atoms with Gasteiger partial charge in [0.25, 0.3) is 0 Å². The van der Waals surface area contributed by atoms with E-state index in [0.29, 0.717) is 12.8 Å². The predicted molar refractivity (Wildman–Crippen MR) is 190 cm³/mol. The maximum atomic E-state index is 12.5. The van der Waals surface area contributed by atoms with E-state index in [9.17, 15) is 9.59 Å². The second kappa shape index (κ2) is 35.9. The minimum absolute atomic E-state index is 0.0254. The highest BCUT2D eigenvalue weighted by molar-refractivity contribution is 5.69. The van der Waals surface area contributed by atoms with E-state index in [4.69, 9.17) is 9.84 Å². The number of carboxylic acids is 1. The van der Waals surface area contributed by atoms with Gasteiger partial charge in [0, 0.05) is 12.8 Å². The van der Waals surface area contributed by atoms with Crippen molar-refractivity contribution >= 4 is 11.9 Å². The Hall–Kier alpha value is -1.58. The SMILES string of the molecule is CCCCC/C=C\C/C=C\CCCCCCCC(=O)OC(CCCCC)CCCCCCCCCCCCCCCC(=O)O. The fraction of sp³-hybridized carbons (Fsp3) is 0.850. The lowest BCUT2D eigenvalue weighted by molar-refractivity contribution is -0.150. The maximum Gasteiger partial charge on any atom is 0.306 e. The molecule has 0 heterocycles. The van der Waals surface area contributed by atoms with Crippen molar-refractivity contribution in [3.63, 3.8) is 0 Å². The summed E-state index contributed by atoms with van der Waals surface area (Å²) >= 11 is 0. The summed E-state index contributed by atoms with van der Waals surface area (Å²) in [5.74, 6) is -0.643. The molecule has 0 aliphatic heterocycles. The Morgan fingerprint density at radius 3 is 1.39 bits per heavy atom. The topological polar surface area (TPSA) is 63.6 Å². The summed E-state index contributed by atoms with van der Waals surface area (Å²) in [5.41, 5.74) is 0. The third kappa shape index (κ3) is 34.9. The quantitative estimate of drug-likeness (QED) is 0.0436. The third-order valence-electron chi connectivity index (χ3n) is 8.68. The molecule has 0 bridgehead atoms. The van der Waals surface area contributed by atoms with Crippen molar-refractivity contribution in [1.29, 1.82) is 0 Å². The average molecular weight is 619 g/mol. The molecule has 0 radical (unpaired) electrons. The van der Waals surface area contributed by atoms with Crippen LogP contribution in [0.5, 0.6) is 0 Å². The van der Waals surface area contributed by atoms with Gasteiger partial charge in [-0.25, -0.2) is 0 Å². The number of carboxylic acid groups (broad SMARTS) is 1. The summed E-state index contributed by atoms with van der Waals surface area (Å²) in [6.45, 7) is 4.48. The molecule has 0 aliphatic rings. The van der Waals surface area contributed by atoms with Crippen molar-refractivity contribution < 1.29 is 19.4 Å². The third-order valence-corrected chi connectivity index (χ3v) is 8.68. The van der Waals surface area contributed by atoms with Gasteiger partial charge < -0.3 is 9.84 Å². The van der Waals surface area contributed by atoms with Crippen LogP contribution in [0.2, 0.25) is 0 Å². The minimum Gasteiger partial charge on any atom is -0.481 e. The number of carbonyl (C=O) groups is 2. The summed E-state index contributed by atoms with van der Waals surface area (Å²) in [6.07, 6.45) is 45.1. The predicted octanol–water partition coefficient (Wildman–Crippen LogP) is 13.2. The van der Waals surface area contributed by atoms with Crippen LogP contribution >= 0.6 is 0 Å². The normalized spacial score (nSPS) is 12.4. The Kier molecular flexibility index (Phi) is 34.6. The standard InChI is InChI=1S/C40H74O4/c1-3-5-7-8-9-10-11-12-13-17-20-23-26-29-33-37-40(43)44-38(34-30-6-4-2)35-31-27-24-21-18-15-14-16-19-22-25-28-32-36-39(41)42/h9-10,12-13,38H,3-8,11,14-37H2,1-2H3,(H,41,42)/b10-9-,13-12-. The first-order valence-electron chi connectivity index (χ1n) is 19.3. The Labute approximate surface area is 274 Å².